The van der Waals surface area contributed by atoms with Gasteiger partial charge in [-0.15, -0.1) is 0 Å². The summed E-state index contributed by atoms with van der Waals surface area (Å²) in [7, 11) is 1.62. The van der Waals surface area contributed by atoms with Crippen LogP contribution < -0.4 is 10.1 Å². The molecular weight excluding hydrogens is 248 g/mol. The van der Waals surface area contributed by atoms with Crippen LogP contribution >= 0.6 is 11.6 Å². The van der Waals surface area contributed by atoms with Crippen LogP contribution in [0.15, 0.2) is 36.7 Å². The number of halogens is 1. The Bertz CT molecular complexity index is 522. The summed E-state index contributed by atoms with van der Waals surface area (Å²) in [4.78, 5) is 0. The van der Waals surface area contributed by atoms with E-state index in [9.17, 15) is 0 Å². The summed E-state index contributed by atoms with van der Waals surface area (Å²) in [6, 6.07) is 7.80. The Morgan fingerprint density at radius 3 is 2.83 bits per heavy atom. The molecule has 0 aliphatic rings. The maximum atomic E-state index is 5.98. The average molecular weight is 265 g/mol. The Hall–Kier alpha value is -1.61. The van der Waals surface area contributed by atoms with Gasteiger partial charge in [-0.3, -0.25) is 0 Å². The predicted molar refractivity (Wildman–Crippen MR) is 75.4 cm³/mol. The number of ether oxygens (including phenoxy) is 1. The van der Waals surface area contributed by atoms with E-state index in [0.29, 0.717) is 10.8 Å². The number of benzene rings is 1. The highest BCUT2D eigenvalue weighted by molar-refractivity contribution is 6.32. The van der Waals surface area contributed by atoms with Gasteiger partial charge >= 0.3 is 0 Å². The fourth-order valence-electron chi connectivity index (χ4n) is 1.77. The second-order valence-corrected chi connectivity index (χ2v) is 4.46. The lowest BCUT2D eigenvalue weighted by Gasteiger charge is -2.08. The molecule has 0 unspecified atom stereocenters. The van der Waals surface area contributed by atoms with Crippen molar-refractivity contribution in [1.82, 2.24) is 4.57 Å². The number of anilines is 1. The minimum Gasteiger partial charge on any atom is -0.495 e. The maximum Gasteiger partial charge on any atom is 0.139 e. The Morgan fingerprint density at radius 2 is 2.17 bits per heavy atom. The largest absolute Gasteiger partial charge is 0.495 e. The van der Waals surface area contributed by atoms with Crippen molar-refractivity contribution in [2.45, 2.75) is 20.0 Å². The lowest BCUT2D eigenvalue weighted by molar-refractivity contribution is 0.415. The molecule has 3 nitrogen and oxygen atoms in total. The van der Waals surface area contributed by atoms with Gasteiger partial charge < -0.3 is 14.6 Å². The predicted octanol–water partition coefficient (Wildman–Crippen LogP) is 3.78. The van der Waals surface area contributed by atoms with Gasteiger partial charge in [-0.05, 0) is 30.7 Å². The van der Waals surface area contributed by atoms with Crippen molar-refractivity contribution in [1.29, 1.82) is 0 Å². The normalized spacial score (nSPS) is 10.4. The van der Waals surface area contributed by atoms with Crippen LogP contribution in [0.2, 0.25) is 5.02 Å². The van der Waals surface area contributed by atoms with Crippen molar-refractivity contribution < 1.29 is 4.74 Å². The van der Waals surface area contributed by atoms with E-state index < -0.39 is 0 Å². The Labute approximate surface area is 112 Å². The zero-order valence-corrected chi connectivity index (χ0v) is 11.4. The highest BCUT2D eigenvalue weighted by atomic mass is 35.5. The van der Waals surface area contributed by atoms with E-state index in [2.05, 4.69) is 35.3 Å². The summed E-state index contributed by atoms with van der Waals surface area (Å²) < 4.78 is 7.34. The molecule has 0 amide bonds. The third-order valence-corrected chi connectivity index (χ3v) is 3.14. The maximum absolute atomic E-state index is 5.98. The summed E-state index contributed by atoms with van der Waals surface area (Å²) in [5, 5.41) is 3.97. The van der Waals surface area contributed by atoms with E-state index in [1.54, 1.807) is 7.11 Å². The second-order valence-electron chi connectivity index (χ2n) is 4.05. The lowest BCUT2D eigenvalue weighted by atomic mass is 10.2. The number of aromatic nitrogens is 1. The van der Waals surface area contributed by atoms with Crippen molar-refractivity contribution >= 4 is 17.3 Å². The summed E-state index contributed by atoms with van der Waals surface area (Å²) in [5.74, 6) is 0.688. The number of aryl methyl sites for hydroxylation is 1. The third-order valence-electron chi connectivity index (χ3n) is 2.82. The molecule has 0 atom stereocenters. The van der Waals surface area contributed by atoms with Gasteiger partial charge in [0.1, 0.15) is 5.75 Å². The zero-order chi connectivity index (χ0) is 13.0. The number of hydrogen-bond donors (Lipinski definition) is 1. The summed E-state index contributed by atoms with van der Waals surface area (Å²) in [6.07, 6.45) is 4.22. The first-order chi connectivity index (χ1) is 8.72. The topological polar surface area (TPSA) is 26.2 Å². The van der Waals surface area contributed by atoms with Gasteiger partial charge in [0.25, 0.3) is 0 Å². The molecule has 0 radical (unpaired) electrons. The molecule has 0 bridgehead atoms. The first-order valence-corrected chi connectivity index (χ1v) is 6.32. The van der Waals surface area contributed by atoms with Crippen molar-refractivity contribution in [3.63, 3.8) is 0 Å². The molecule has 96 valence electrons. The first kappa shape index (κ1) is 12.8. The molecule has 2 rings (SSSR count). The van der Waals surface area contributed by atoms with Crippen LogP contribution in [0, 0.1) is 0 Å². The summed E-state index contributed by atoms with van der Waals surface area (Å²) in [5.41, 5.74) is 2.26. The Morgan fingerprint density at radius 1 is 1.33 bits per heavy atom. The van der Waals surface area contributed by atoms with Gasteiger partial charge in [-0.25, -0.2) is 0 Å². The molecule has 1 heterocycles. The molecule has 0 saturated heterocycles. The Balaban J connectivity index is 2.01. The number of nitrogens with zero attached hydrogens (tertiary/aromatic N) is 1. The average Bonchev–Trinajstić information content (AvgIpc) is 2.86. The minimum atomic E-state index is 0.625. The fourth-order valence-corrected chi connectivity index (χ4v) is 1.96. The van der Waals surface area contributed by atoms with Gasteiger partial charge in [0.2, 0.25) is 0 Å². The van der Waals surface area contributed by atoms with E-state index in [1.807, 2.05) is 18.2 Å². The SMILES string of the molecule is CCn1ccc(CNc2ccc(Cl)c(OC)c2)c1. The molecule has 0 saturated carbocycles. The van der Waals surface area contributed by atoms with Crippen LogP contribution in [-0.4, -0.2) is 11.7 Å². The van der Waals surface area contributed by atoms with E-state index in [-0.39, 0.29) is 0 Å². The highest BCUT2D eigenvalue weighted by Gasteiger charge is 2.02. The smallest absolute Gasteiger partial charge is 0.139 e. The number of methoxy groups -OCH3 is 1. The Kier molecular flexibility index (Phi) is 4.15. The monoisotopic (exact) mass is 264 g/mol. The molecule has 1 aromatic heterocycles. The minimum absolute atomic E-state index is 0.625. The third kappa shape index (κ3) is 2.99. The molecule has 1 N–H and O–H groups in total. The van der Waals surface area contributed by atoms with Crippen molar-refractivity contribution in [2.75, 3.05) is 12.4 Å². The molecular formula is C14H17ClN2O. The molecule has 1 aromatic carbocycles. The van der Waals surface area contributed by atoms with Gasteiger partial charge in [0.05, 0.1) is 12.1 Å². The van der Waals surface area contributed by atoms with Gasteiger partial charge in [0.15, 0.2) is 0 Å². The number of nitrogens with one attached hydrogen (secondary N) is 1. The van der Waals surface area contributed by atoms with Gasteiger partial charge in [-0.2, -0.15) is 0 Å². The van der Waals surface area contributed by atoms with Crippen LogP contribution in [-0.2, 0) is 13.1 Å². The number of rotatable bonds is 5. The van der Waals surface area contributed by atoms with E-state index >= 15 is 0 Å². The van der Waals surface area contributed by atoms with Crippen LogP contribution in [0.3, 0.4) is 0 Å². The molecule has 0 aliphatic carbocycles. The van der Waals surface area contributed by atoms with E-state index in [0.717, 1.165) is 18.8 Å². The van der Waals surface area contributed by atoms with Crippen molar-refractivity contribution in [3.05, 3.63) is 47.2 Å². The second kappa shape index (κ2) is 5.83. The van der Waals surface area contributed by atoms with E-state index in [1.165, 1.54) is 5.56 Å². The summed E-state index contributed by atoms with van der Waals surface area (Å²) in [6.45, 7) is 3.91. The van der Waals surface area contributed by atoms with Crippen LogP contribution in [0.1, 0.15) is 12.5 Å². The van der Waals surface area contributed by atoms with Crippen LogP contribution in [0.4, 0.5) is 5.69 Å². The quantitative estimate of drug-likeness (QED) is 0.889. The number of hydrogen-bond acceptors (Lipinski definition) is 2. The fraction of sp³-hybridized carbons (Fsp3) is 0.286. The molecule has 0 spiro atoms. The molecule has 18 heavy (non-hydrogen) atoms. The standard InChI is InChI=1S/C14H17ClN2O/c1-3-17-7-6-11(10-17)9-16-12-4-5-13(15)14(8-12)18-2/h4-8,10,16H,3,9H2,1-2H3. The highest BCUT2D eigenvalue weighted by Crippen LogP contribution is 2.27. The van der Waals surface area contributed by atoms with Gasteiger partial charge in [0, 0.05) is 37.2 Å². The van der Waals surface area contributed by atoms with Crippen molar-refractivity contribution in [3.8, 4) is 5.75 Å². The van der Waals surface area contributed by atoms with E-state index in [4.69, 9.17) is 16.3 Å². The molecule has 2 aromatic rings. The zero-order valence-electron chi connectivity index (χ0n) is 10.6. The molecule has 0 aliphatic heterocycles. The molecule has 0 fully saturated rings. The first-order valence-electron chi connectivity index (χ1n) is 5.95. The van der Waals surface area contributed by atoms with Crippen LogP contribution in [0.5, 0.6) is 5.75 Å². The lowest BCUT2D eigenvalue weighted by Crippen LogP contribution is -1.99. The van der Waals surface area contributed by atoms with Crippen LogP contribution in [0.25, 0.3) is 0 Å². The summed E-state index contributed by atoms with van der Waals surface area (Å²) >= 11 is 5.98. The molecule has 4 heteroatoms. The van der Waals surface area contributed by atoms with Crippen molar-refractivity contribution in [2.24, 2.45) is 0 Å². The van der Waals surface area contributed by atoms with Gasteiger partial charge in [-0.1, -0.05) is 11.6 Å².